The molecule has 2 aliphatic rings. The van der Waals surface area contributed by atoms with Crippen LogP contribution < -0.4 is 5.32 Å². The van der Waals surface area contributed by atoms with E-state index in [0.29, 0.717) is 6.54 Å². The minimum Gasteiger partial charge on any atom is -0.350 e. The zero-order valence-electron chi connectivity index (χ0n) is 13.2. The molecule has 1 saturated carbocycles. The van der Waals surface area contributed by atoms with E-state index in [2.05, 4.69) is 38.5 Å². The average molecular weight is 330 g/mol. The second kappa shape index (κ2) is 6.45. The number of carbonyl (C=O) groups excluding carboxylic acids is 1. The highest BCUT2D eigenvalue weighted by molar-refractivity contribution is 7.09. The van der Waals surface area contributed by atoms with Crippen molar-refractivity contribution in [2.24, 2.45) is 5.92 Å². The van der Waals surface area contributed by atoms with Crippen molar-refractivity contribution in [2.45, 2.75) is 45.4 Å². The van der Waals surface area contributed by atoms with Crippen molar-refractivity contribution < 1.29 is 4.79 Å². The first kappa shape index (κ1) is 14.9. The molecule has 5 nitrogen and oxygen atoms in total. The van der Waals surface area contributed by atoms with Gasteiger partial charge in [-0.1, -0.05) is 12.5 Å². The summed E-state index contributed by atoms with van der Waals surface area (Å²) in [6, 6.07) is 4.29. The molecule has 1 aliphatic carbocycles. The standard InChI is InChI=1S/C17H22N4OS/c22-17(13-3-1-4-13)18-9-14-10-21-7-6-20(12-16(21)19-14)11-15-5-2-8-23-15/h2,5,8,10,13H,1,3-4,6-7,9,11-12H2,(H,18,22). The molecule has 0 atom stereocenters. The van der Waals surface area contributed by atoms with Gasteiger partial charge in [-0.05, 0) is 24.3 Å². The average Bonchev–Trinajstić information content (AvgIpc) is 3.12. The summed E-state index contributed by atoms with van der Waals surface area (Å²) in [6.07, 6.45) is 5.38. The monoisotopic (exact) mass is 330 g/mol. The summed E-state index contributed by atoms with van der Waals surface area (Å²) >= 11 is 1.81. The lowest BCUT2D eigenvalue weighted by Crippen LogP contribution is -2.34. The van der Waals surface area contributed by atoms with Gasteiger partial charge in [0.15, 0.2) is 0 Å². The summed E-state index contributed by atoms with van der Waals surface area (Å²) in [5.74, 6) is 1.55. The molecule has 0 bridgehead atoms. The second-order valence-corrected chi connectivity index (χ2v) is 7.51. The van der Waals surface area contributed by atoms with Crippen molar-refractivity contribution in [3.63, 3.8) is 0 Å². The molecule has 1 fully saturated rings. The van der Waals surface area contributed by atoms with Crippen LogP contribution in [-0.4, -0.2) is 26.9 Å². The number of aromatic nitrogens is 2. The van der Waals surface area contributed by atoms with Gasteiger partial charge in [0.2, 0.25) is 5.91 Å². The van der Waals surface area contributed by atoms with Crippen LogP contribution in [0.3, 0.4) is 0 Å². The van der Waals surface area contributed by atoms with E-state index >= 15 is 0 Å². The van der Waals surface area contributed by atoms with Gasteiger partial charge in [-0.25, -0.2) is 4.98 Å². The number of imidazole rings is 1. The topological polar surface area (TPSA) is 50.2 Å². The summed E-state index contributed by atoms with van der Waals surface area (Å²) in [4.78, 5) is 20.5. The van der Waals surface area contributed by atoms with E-state index in [-0.39, 0.29) is 11.8 Å². The van der Waals surface area contributed by atoms with Crippen molar-refractivity contribution in [2.75, 3.05) is 6.54 Å². The molecule has 0 radical (unpaired) electrons. The Kier molecular flexibility index (Phi) is 4.18. The number of rotatable bonds is 5. The van der Waals surface area contributed by atoms with Crippen molar-refractivity contribution in [3.05, 3.63) is 40.1 Å². The Morgan fingerprint density at radius 1 is 1.39 bits per heavy atom. The molecule has 1 amide bonds. The molecule has 4 rings (SSSR count). The number of nitrogens with zero attached hydrogens (tertiary/aromatic N) is 3. The third-order valence-electron chi connectivity index (χ3n) is 4.81. The SMILES string of the molecule is O=C(NCc1cn2c(n1)CN(Cc1cccs1)CC2)C1CCC1. The number of fused-ring (bicyclic) bond motifs is 1. The maximum Gasteiger partial charge on any atom is 0.223 e. The summed E-state index contributed by atoms with van der Waals surface area (Å²) in [6.45, 7) is 4.46. The second-order valence-electron chi connectivity index (χ2n) is 6.48. The third kappa shape index (κ3) is 3.33. The molecule has 23 heavy (non-hydrogen) atoms. The first-order valence-corrected chi connectivity index (χ1v) is 9.23. The Morgan fingerprint density at radius 2 is 2.30 bits per heavy atom. The molecule has 2 aromatic heterocycles. The van der Waals surface area contributed by atoms with Crippen molar-refractivity contribution in [3.8, 4) is 0 Å². The Morgan fingerprint density at radius 3 is 3.04 bits per heavy atom. The zero-order chi connectivity index (χ0) is 15.6. The molecule has 122 valence electrons. The van der Waals surface area contributed by atoms with E-state index in [1.54, 1.807) is 0 Å². The molecule has 1 aliphatic heterocycles. The lowest BCUT2D eigenvalue weighted by molar-refractivity contribution is -0.127. The molecule has 0 spiro atoms. The predicted octanol–water partition coefficient (Wildman–Crippen LogP) is 2.38. The van der Waals surface area contributed by atoms with Gasteiger partial charge < -0.3 is 9.88 Å². The Bertz CT molecular complexity index is 675. The summed E-state index contributed by atoms with van der Waals surface area (Å²) in [5, 5.41) is 5.16. The van der Waals surface area contributed by atoms with Crippen molar-refractivity contribution in [1.82, 2.24) is 19.8 Å². The van der Waals surface area contributed by atoms with Crippen LogP contribution >= 0.6 is 11.3 Å². The summed E-state index contributed by atoms with van der Waals surface area (Å²) in [7, 11) is 0. The van der Waals surface area contributed by atoms with Crippen LogP contribution in [0.2, 0.25) is 0 Å². The first-order valence-electron chi connectivity index (χ1n) is 8.35. The van der Waals surface area contributed by atoms with E-state index < -0.39 is 0 Å². The van der Waals surface area contributed by atoms with Gasteiger partial charge in [0.25, 0.3) is 0 Å². The van der Waals surface area contributed by atoms with Crippen LogP contribution in [0.15, 0.2) is 23.7 Å². The largest absolute Gasteiger partial charge is 0.350 e. The summed E-state index contributed by atoms with van der Waals surface area (Å²) in [5.41, 5.74) is 0.977. The molecule has 0 unspecified atom stereocenters. The highest BCUT2D eigenvalue weighted by Crippen LogP contribution is 2.26. The van der Waals surface area contributed by atoms with Crippen LogP contribution in [0.1, 0.15) is 35.7 Å². The maximum atomic E-state index is 11.9. The highest BCUT2D eigenvalue weighted by atomic mass is 32.1. The zero-order valence-corrected chi connectivity index (χ0v) is 14.0. The van der Waals surface area contributed by atoms with Crippen molar-refractivity contribution in [1.29, 1.82) is 0 Å². The number of carbonyl (C=O) groups is 1. The highest BCUT2D eigenvalue weighted by Gasteiger charge is 2.25. The van der Waals surface area contributed by atoms with E-state index in [0.717, 1.165) is 50.5 Å². The van der Waals surface area contributed by atoms with Crippen molar-refractivity contribution >= 4 is 17.2 Å². The molecule has 0 saturated heterocycles. The number of amides is 1. The quantitative estimate of drug-likeness (QED) is 0.916. The normalized spacial score (nSPS) is 18.4. The van der Waals surface area contributed by atoms with E-state index in [4.69, 9.17) is 4.98 Å². The van der Waals surface area contributed by atoms with E-state index in [1.807, 2.05) is 11.3 Å². The predicted molar refractivity (Wildman–Crippen MR) is 89.8 cm³/mol. The molecule has 3 heterocycles. The fourth-order valence-electron chi connectivity index (χ4n) is 3.20. The van der Waals surface area contributed by atoms with Gasteiger partial charge in [-0.15, -0.1) is 11.3 Å². The Hall–Kier alpha value is -1.66. The molecule has 2 aromatic rings. The smallest absolute Gasteiger partial charge is 0.223 e. The fourth-order valence-corrected chi connectivity index (χ4v) is 3.94. The van der Waals surface area contributed by atoms with E-state index in [1.165, 1.54) is 11.3 Å². The van der Waals surface area contributed by atoms with Crippen LogP contribution in [0.4, 0.5) is 0 Å². The Balaban J connectivity index is 1.34. The minimum atomic E-state index is 0.196. The number of hydrogen-bond acceptors (Lipinski definition) is 4. The Labute approximate surface area is 140 Å². The number of thiophene rings is 1. The third-order valence-corrected chi connectivity index (χ3v) is 5.67. The minimum absolute atomic E-state index is 0.196. The number of hydrogen-bond donors (Lipinski definition) is 1. The molecule has 1 N–H and O–H groups in total. The fraction of sp³-hybridized carbons (Fsp3) is 0.529. The van der Waals surface area contributed by atoms with Gasteiger partial charge in [0.1, 0.15) is 5.82 Å². The van der Waals surface area contributed by atoms with E-state index in [9.17, 15) is 4.79 Å². The van der Waals surface area contributed by atoms with Gasteiger partial charge in [0, 0.05) is 36.6 Å². The molecular formula is C17H22N4OS. The number of nitrogens with one attached hydrogen (secondary N) is 1. The van der Waals surface area contributed by atoms with Crippen LogP contribution in [0, 0.1) is 5.92 Å². The first-order chi connectivity index (χ1) is 11.3. The van der Waals surface area contributed by atoms with Crippen LogP contribution in [0.25, 0.3) is 0 Å². The lowest BCUT2D eigenvalue weighted by atomic mass is 9.85. The molecular weight excluding hydrogens is 308 g/mol. The van der Waals surface area contributed by atoms with Crippen LogP contribution in [0.5, 0.6) is 0 Å². The molecule has 6 heteroatoms. The van der Waals surface area contributed by atoms with Gasteiger partial charge in [-0.2, -0.15) is 0 Å². The summed E-state index contributed by atoms with van der Waals surface area (Å²) < 4.78 is 2.23. The van der Waals surface area contributed by atoms with Gasteiger partial charge >= 0.3 is 0 Å². The maximum absolute atomic E-state index is 11.9. The van der Waals surface area contributed by atoms with Gasteiger partial charge in [0.05, 0.1) is 18.8 Å². The molecule has 0 aromatic carbocycles. The lowest BCUT2D eigenvalue weighted by Gasteiger charge is -2.26. The van der Waals surface area contributed by atoms with Crippen LogP contribution in [-0.2, 0) is 31.0 Å². The van der Waals surface area contributed by atoms with Gasteiger partial charge in [-0.3, -0.25) is 9.69 Å².